The summed E-state index contributed by atoms with van der Waals surface area (Å²) in [5.41, 5.74) is -0.0456. The van der Waals surface area contributed by atoms with Crippen LogP contribution in [0.1, 0.15) is 35.5 Å². The number of carboxylic acid groups (broad SMARTS) is 1. The van der Waals surface area contributed by atoms with Crippen LogP contribution < -0.4 is 5.32 Å². The largest absolute Gasteiger partial charge is 0.476 e. The van der Waals surface area contributed by atoms with Crippen molar-refractivity contribution in [2.75, 3.05) is 0 Å². The third-order valence-electron chi connectivity index (χ3n) is 3.60. The highest BCUT2D eigenvalue weighted by Crippen LogP contribution is 2.34. The van der Waals surface area contributed by atoms with Crippen molar-refractivity contribution in [1.82, 2.24) is 10.5 Å². The minimum absolute atomic E-state index is 0.0456. The molecule has 2 saturated heterocycles. The molecule has 90 valence electrons. The zero-order valence-corrected chi connectivity index (χ0v) is 9.30. The SMILES string of the molecule is O=C(O)c1cc(/C=C\C2CC3CCC2N3)on1. The molecule has 3 unspecified atom stereocenters. The zero-order chi connectivity index (χ0) is 11.8. The molecule has 3 rings (SSSR count). The van der Waals surface area contributed by atoms with Crippen molar-refractivity contribution in [1.29, 1.82) is 0 Å². The summed E-state index contributed by atoms with van der Waals surface area (Å²) in [6.45, 7) is 0. The maximum Gasteiger partial charge on any atom is 0.358 e. The molecule has 0 amide bonds. The average molecular weight is 234 g/mol. The molecule has 2 aliphatic heterocycles. The van der Waals surface area contributed by atoms with Crippen LogP contribution in [-0.4, -0.2) is 28.3 Å². The molecule has 3 atom stereocenters. The predicted molar refractivity (Wildman–Crippen MR) is 60.5 cm³/mol. The van der Waals surface area contributed by atoms with Crippen molar-refractivity contribution >= 4 is 12.0 Å². The molecule has 2 fully saturated rings. The summed E-state index contributed by atoms with van der Waals surface area (Å²) < 4.78 is 4.93. The highest BCUT2D eigenvalue weighted by atomic mass is 16.5. The third kappa shape index (κ3) is 1.98. The van der Waals surface area contributed by atoms with E-state index in [2.05, 4.69) is 16.5 Å². The Morgan fingerprint density at radius 3 is 3.06 bits per heavy atom. The fourth-order valence-corrected chi connectivity index (χ4v) is 2.77. The molecule has 1 aromatic heterocycles. The Morgan fingerprint density at radius 1 is 1.59 bits per heavy atom. The van der Waals surface area contributed by atoms with Gasteiger partial charge in [-0.25, -0.2) is 4.79 Å². The summed E-state index contributed by atoms with van der Waals surface area (Å²) >= 11 is 0. The second kappa shape index (κ2) is 4.00. The summed E-state index contributed by atoms with van der Waals surface area (Å²) in [4.78, 5) is 10.6. The van der Waals surface area contributed by atoms with Crippen molar-refractivity contribution in [3.63, 3.8) is 0 Å². The molecule has 5 heteroatoms. The maximum absolute atomic E-state index is 10.6. The molecule has 0 aliphatic carbocycles. The first-order valence-corrected chi connectivity index (χ1v) is 5.86. The van der Waals surface area contributed by atoms with Gasteiger partial charge in [0.15, 0.2) is 11.5 Å². The van der Waals surface area contributed by atoms with E-state index >= 15 is 0 Å². The number of nitrogens with one attached hydrogen (secondary N) is 1. The summed E-state index contributed by atoms with van der Waals surface area (Å²) in [6.07, 6.45) is 7.60. The van der Waals surface area contributed by atoms with E-state index in [1.165, 1.54) is 25.3 Å². The third-order valence-corrected chi connectivity index (χ3v) is 3.60. The first-order chi connectivity index (χ1) is 8.22. The first kappa shape index (κ1) is 10.5. The lowest BCUT2D eigenvalue weighted by Crippen LogP contribution is -2.21. The van der Waals surface area contributed by atoms with Gasteiger partial charge in [0.2, 0.25) is 0 Å². The molecular formula is C12H14N2O3. The van der Waals surface area contributed by atoms with Crippen LogP contribution in [0.4, 0.5) is 0 Å². The molecule has 2 N–H and O–H groups in total. The zero-order valence-electron chi connectivity index (χ0n) is 9.30. The Labute approximate surface area is 98.5 Å². The molecule has 2 aliphatic rings. The van der Waals surface area contributed by atoms with Crippen molar-refractivity contribution in [3.8, 4) is 0 Å². The number of nitrogens with zero attached hydrogens (tertiary/aromatic N) is 1. The highest BCUT2D eigenvalue weighted by Gasteiger charge is 2.37. The van der Waals surface area contributed by atoms with Crippen molar-refractivity contribution in [3.05, 3.63) is 23.6 Å². The fraction of sp³-hybridized carbons (Fsp3) is 0.500. The monoisotopic (exact) mass is 234 g/mol. The van der Waals surface area contributed by atoms with Crippen LogP contribution in [0.25, 0.3) is 6.08 Å². The maximum atomic E-state index is 10.6. The highest BCUT2D eigenvalue weighted by molar-refractivity contribution is 5.85. The van der Waals surface area contributed by atoms with Gasteiger partial charge in [-0.3, -0.25) is 0 Å². The molecule has 5 nitrogen and oxygen atoms in total. The van der Waals surface area contributed by atoms with E-state index in [-0.39, 0.29) is 5.69 Å². The van der Waals surface area contributed by atoms with Crippen molar-refractivity contribution in [2.24, 2.45) is 5.92 Å². The van der Waals surface area contributed by atoms with Gasteiger partial charge in [0, 0.05) is 18.2 Å². The van der Waals surface area contributed by atoms with E-state index in [0.29, 0.717) is 23.8 Å². The minimum atomic E-state index is -1.06. The Balaban J connectivity index is 1.67. The van der Waals surface area contributed by atoms with E-state index in [1.54, 1.807) is 0 Å². The number of rotatable bonds is 3. The van der Waals surface area contributed by atoms with E-state index in [0.717, 1.165) is 0 Å². The Kier molecular flexibility index (Phi) is 2.48. The van der Waals surface area contributed by atoms with Gasteiger partial charge in [0.25, 0.3) is 0 Å². The number of hydrogen-bond acceptors (Lipinski definition) is 4. The van der Waals surface area contributed by atoms with Gasteiger partial charge in [-0.15, -0.1) is 0 Å². The van der Waals surface area contributed by atoms with Crippen LogP contribution in [0.15, 0.2) is 16.7 Å². The molecule has 3 heterocycles. The minimum Gasteiger partial charge on any atom is -0.476 e. The van der Waals surface area contributed by atoms with Gasteiger partial charge in [-0.2, -0.15) is 0 Å². The Bertz CT molecular complexity index is 466. The second-order valence-electron chi connectivity index (χ2n) is 4.73. The predicted octanol–water partition coefficient (Wildman–Crippen LogP) is 1.53. The summed E-state index contributed by atoms with van der Waals surface area (Å²) in [7, 11) is 0. The lowest BCUT2D eigenvalue weighted by Gasteiger charge is -2.15. The number of aromatic carboxylic acids is 1. The van der Waals surface area contributed by atoms with Gasteiger partial charge in [0.05, 0.1) is 0 Å². The van der Waals surface area contributed by atoms with Gasteiger partial charge in [0.1, 0.15) is 0 Å². The van der Waals surface area contributed by atoms with E-state index in [4.69, 9.17) is 9.63 Å². The average Bonchev–Trinajstić information content (AvgIpc) is 3.02. The molecule has 0 spiro atoms. The van der Waals surface area contributed by atoms with Crippen LogP contribution in [-0.2, 0) is 0 Å². The van der Waals surface area contributed by atoms with Crippen LogP contribution in [0.3, 0.4) is 0 Å². The number of aromatic nitrogens is 1. The van der Waals surface area contributed by atoms with Crippen LogP contribution >= 0.6 is 0 Å². The lowest BCUT2D eigenvalue weighted by atomic mass is 9.89. The van der Waals surface area contributed by atoms with Crippen molar-refractivity contribution < 1.29 is 14.4 Å². The molecular weight excluding hydrogens is 220 g/mol. The van der Waals surface area contributed by atoms with Crippen molar-refractivity contribution in [2.45, 2.75) is 31.3 Å². The van der Waals surface area contributed by atoms with E-state index < -0.39 is 5.97 Å². The standard InChI is InChI=1S/C12H14N2O3/c15-12(16)11-6-9(17-14-11)3-1-7-5-8-2-4-10(7)13-8/h1,3,6-8,10,13H,2,4-5H2,(H,15,16)/b3-1-. The quantitative estimate of drug-likeness (QED) is 0.829. The Morgan fingerprint density at radius 2 is 2.47 bits per heavy atom. The molecule has 0 saturated carbocycles. The molecule has 0 radical (unpaired) electrons. The van der Waals surface area contributed by atoms with Crippen LogP contribution in [0, 0.1) is 5.92 Å². The molecule has 2 bridgehead atoms. The summed E-state index contributed by atoms with van der Waals surface area (Å²) in [5, 5.41) is 15.7. The number of hydrogen-bond donors (Lipinski definition) is 2. The van der Waals surface area contributed by atoms with E-state index in [1.807, 2.05) is 6.08 Å². The van der Waals surface area contributed by atoms with Gasteiger partial charge in [-0.1, -0.05) is 11.2 Å². The van der Waals surface area contributed by atoms with Gasteiger partial charge in [-0.05, 0) is 31.3 Å². The molecule has 1 aromatic rings. The Hall–Kier alpha value is -1.62. The summed E-state index contributed by atoms with van der Waals surface area (Å²) in [6, 6.07) is 2.69. The first-order valence-electron chi connectivity index (χ1n) is 5.86. The second-order valence-corrected chi connectivity index (χ2v) is 4.73. The lowest BCUT2D eigenvalue weighted by molar-refractivity contribution is 0.0685. The molecule has 0 aromatic carbocycles. The number of fused-ring (bicyclic) bond motifs is 2. The van der Waals surface area contributed by atoms with Crippen LogP contribution in [0.2, 0.25) is 0 Å². The smallest absolute Gasteiger partial charge is 0.358 e. The fourth-order valence-electron chi connectivity index (χ4n) is 2.77. The van der Waals surface area contributed by atoms with E-state index in [9.17, 15) is 4.79 Å². The van der Waals surface area contributed by atoms with Gasteiger partial charge < -0.3 is 14.9 Å². The normalized spacial score (nSPS) is 31.4. The summed E-state index contributed by atoms with van der Waals surface area (Å²) in [5.74, 6) is -0.0210. The number of carboxylic acids is 1. The molecule has 17 heavy (non-hydrogen) atoms. The number of carbonyl (C=O) groups is 1. The van der Waals surface area contributed by atoms with Gasteiger partial charge >= 0.3 is 5.97 Å². The topological polar surface area (TPSA) is 75.4 Å². The van der Waals surface area contributed by atoms with Crippen LogP contribution in [0.5, 0.6) is 0 Å².